The van der Waals surface area contributed by atoms with Crippen LogP contribution in [0.1, 0.15) is 26.0 Å². The van der Waals surface area contributed by atoms with Crippen LogP contribution in [0.5, 0.6) is 0 Å². The molecular formula is C14H20N2O6S. The highest BCUT2D eigenvalue weighted by molar-refractivity contribution is 7.80. The van der Waals surface area contributed by atoms with Gasteiger partial charge in [-0.15, -0.1) is 0 Å². The fourth-order valence-corrected chi connectivity index (χ4v) is 3.47. The van der Waals surface area contributed by atoms with Gasteiger partial charge in [-0.3, -0.25) is 14.3 Å². The Kier molecular flexibility index (Phi) is 4.65. The van der Waals surface area contributed by atoms with E-state index in [0.29, 0.717) is 18.6 Å². The highest BCUT2D eigenvalue weighted by atomic mass is 32.1. The number of aliphatic hydroxyl groups is 1. The number of aliphatic hydroxyl groups excluding tert-OH is 1. The van der Waals surface area contributed by atoms with E-state index in [1.54, 1.807) is 0 Å². The highest BCUT2D eigenvalue weighted by Crippen LogP contribution is 2.45. The molecule has 5 atom stereocenters. The van der Waals surface area contributed by atoms with E-state index in [1.165, 1.54) is 16.8 Å². The molecule has 3 rings (SSSR count). The number of H-pyrrole nitrogens is 1. The first-order valence-electron chi connectivity index (χ1n) is 7.58. The van der Waals surface area contributed by atoms with Crippen molar-refractivity contribution < 1.29 is 19.3 Å². The van der Waals surface area contributed by atoms with Crippen LogP contribution in [0.15, 0.2) is 21.9 Å². The van der Waals surface area contributed by atoms with Crippen molar-refractivity contribution in [2.75, 3.05) is 12.4 Å². The largest absolute Gasteiger partial charge is 0.394 e. The summed E-state index contributed by atoms with van der Waals surface area (Å²) in [4.78, 5) is 25.4. The lowest BCUT2D eigenvalue weighted by Gasteiger charge is -2.29. The van der Waals surface area contributed by atoms with Crippen LogP contribution in [0.3, 0.4) is 0 Å². The molecule has 0 saturated carbocycles. The van der Waals surface area contributed by atoms with Gasteiger partial charge < -0.3 is 19.3 Å². The summed E-state index contributed by atoms with van der Waals surface area (Å²) in [5.41, 5.74) is -1.08. The molecule has 2 fully saturated rings. The first kappa shape index (κ1) is 16.7. The zero-order chi connectivity index (χ0) is 16.6. The maximum Gasteiger partial charge on any atom is 0.330 e. The minimum Gasteiger partial charge on any atom is -0.394 e. The quantitative estimate of drug-likeness (QED) is 0.630. The predicted molar refractivity (Wildman–Crippen MR) is 83.6 cm³/mol. The lowest BCUT2D eigenvalue weighted by atomic mass is 10.1. The van der Waals surface area contributed by atoms with Gasteiger partial charge in [0.1, 0.15) is 18.3 Å². The molecule has 2 saturated heterocycles. The molecule has 2 aliphatic rings. The van der Waals surface area contributed by atoms with Crippen molar-refractivity contribution in [3.05, 3.63) is 33.1 Å². The number of rotatable bonds is 5. The Balaban J connectivity index is 1.94. The molecule has 0 amide bonds. The van der Waals surface area contributed by atoms with Crippen molar-refractivity contribution in [3.63, 3.8) is 0 Å². The van der Waals surface area contributed by atoms with Crippen LogP contribution in [0, 0.1) is 0 Å². The summed E-state index contributed by atoms with van der Waals surface area (Å²) in [7, 11) is 0. The van der Waals surface area contributed by atoms with Crippen LogP contribution in [-0.4, -0.2) is 51.1 Å². The topological polar surface area (TPSA) is 103 Å². The zero-order valence-corrected chi connectivity index (χ0v) is 13.6. The standard InChI is InChI=1S/C14H20N2O6S/c1-2-14(4-6-23)21-10-8(7-17)20-12(11(10)22-14)16-5-3-9(18)15-13(16)19/h3,5,8,10-12,17,23H,2,4,6-7H2,1H3,(H,15,18,19). The van der Waals surface area contributed by atoms with E-state index in [9.17, 15) is 14.7 Å². The number of hydrogen-bond donors (Lipinski definition) is 3. The molecule has 0 aliphatic carbocycles. The van der Waals surface area contributed by atoms with Crippen LogP contribution in [0.4, 0.5) is 0 Å². The van der Waals surface area contributed by atoms with Gasteiger partial charge in [-0.2, -0.15) is 12.6 Å². The minimum absolute atomic E-state index is 0.250. The molecule has 23 heavy (non-hydrogen) atoms. The number of nitrogens with one attached hydrogen (secondary N) is 1. The van der Waals surface area contributed by atoms with Gasteiger partial charge in [-0.25, -0.2) is 4.79 Å². The van der Waals surface area contributed by atoms with E-state index in [1.807, 2.05) is 6.92 Å². The number of nitrogens with zero attached hydrogens (tertiary/aromatic N) is 1. The maximum atomic E-state index is 12.0. The average molecular weight is 344 g/mol. The van der Waals surface area contributed by atoms with Crippen molar-refractivity contribution in [2.24, 2.45) is 0 Å². The molecule has 9 heteroatoms. The Hall–Kier alpha value is -1.13. The number of fused-ring (bicyclic) bond motifs is 1. The second kappa shape index (κ2) is 6.40. The number of aromatic amines is 1. The van der Waals surface area contributed by atoms with Crippen molar-refractivity contribution >= 4 is 12.6 Å². The Morgan fingerprint density at radius 1 is 1.39 bits per heavy atom. The SMILES string of the molecule is CCC1(CCS)OC2C(CO)OC(n3ccc(=O)[nH]c3=O)C2O1. The second-order valence-corrected chi connectivity index (χ2v) is 6.12. The molecule has 1 aromatic rings. The first-order chi connectivity index (χ1) is 11.0. The molecule has 8 nitrogen and oxygen atoms in total. The van der Waals surface area contributed by atoms with Crippen molar-refractivity contribution in [3.8, 4) is 0 Å². The predicted octanol–water partition coefficient (Wildman–Crippen LogP) is -0.364. The Bertz CT molecular complexity index is 676. The summed E-state index contributed by atoms with van der Waals surface area (Å²) < 4.78 is 19.1. The fraction of sp³-hybridized carbons (Fsp3) is 0.714. The van der Waals surface area contributed by atoms with E-state index < -0.39 is 41.6 Å². The van der Waals surface area contributed by atoms with Crippen LogP contribution < -0.4 is 11.2 Å². The molecule has 0 spiro atoms. The number of thiol groups is 1. The zero-order valence-electron chi connectivity index (χ0n) is 12.7. The number of aromatic nitrogens is 2. The summed E-state index contributed by atoms with van der Waals surface area (Å²) in [6, 6.07) is 1.24. The third kappa shape index (κ3) is 2.87. The maximum absolute atomic E-state index is 12.0. The molecular weight excluding hydrogens is 324 g/mol. The van der Waals surface area contributed by atoms with Crippen LogP contribution >= 0.6 is 12.6 Å². The Morgan fingerprint density at radius 2 is 2.13 bits per heavy atom. The van der Waals surface area contributed by atoms with E-state index >= 15 is 0 Å². The molecule has 2 aliphatic heterocycles. The fourth-order valence-electron chi connectivity index (χ4n) is 3.13. The van der Waals surface area contributed by atoms with Crippen LogP contribution in [0.2, 0.25) is 0 Å². The normalized spacial score (nSPS) is 36.3. The lowest BCUT2D eigenvalue weighted by Crippen LogP contribution is -2.38. The van der Waals surface area contributed by atoms with Crippen molar-refractivity contribution in [1.29, 1.82) is 0 Å². The number of ether oxygens (including phenoxy) is 3. The molecule has 0 bridgehead atoms. The van der Waals surface area contributed by atoms with Crippen LogP contribution in [0.25, 0.3) is 0 Å². The summed E-state index contributed by atoms with van der Waals surface area (Å²) >= 11 is 4.24. The lowest BCUT2D eigenvalue weighted by molar-refractivity contribution is -0.222. The third-order valence-electron chi connectivity index (χ3n) is 4.32. The van der Waals surface area contributed by atoms with Gasteiger partial charge in [0.15, 0.2) is 12.0 Å². The van der Waals surface area contributed by atoms with Gasteiger partial charge in [-0.1, -0.05) is 6.92 Å². The van der Waals surface area contributed by atoms with Gasteiger partial charge in [0.2, 0.25) is 0 Å². The Morgan fingerprint density at radius 3 is 2.74 bits per heavy atom. The highest BCUT2D eigenvalue weighted by Gasteiger charge is 2.57. The average Bonchev–Trinajstić information content (AvgIpc) is 3.04. The second-order valence-electron chi connectivity index (χ2n) is 5.67. The smallest absolute Gasteiger partial charge is 0.330 e. The van der Waals surface area contributed by atoms with Crippen molar-refractivity contribution in [1.82, 2.24) is 9.55 Å². The Labute approximate surface area is 137 Å². The monoisotopic (exact) mass is 344 g/mol. The summed E-state index contributed by atoms with van der Waals surface area (Å²) in [6.45, 7) is 1.69. The molecule has 3 heterocycles. The third-order valence-corrected chi connectivity index (χ3v) is 4.55. The van der Waals surface area contributed by atoms with E-state index in [-0.39, 0.29) is 6.61 Å². The summed E-state index contributed by atoms with van der Waals surface area (Å²) in [6.07, 6.45) is 0.166. The van der Waals surface area contributed by atoms with E-state index in [4.69, 9.17) is 14.2 Å². The first-order valence-corrected chi connectivity index (χ1v) is 8.21. The molecule has 2 N–H and O–H groups in total. The van der Waals surface area contributed by atoms with Gasteiger partial charge in [0.05, 0.1) is 6.61 Å². The molecule has 0 aromatic carbocycles. The van der Waals surface area contributed by atoms with Gasteiger partial charge in [-0.05, 0) is 12.2 Å². The molecule has 128 valence electrons. The molecule has 5 unspecified atom stereocenters. The van der Waals surface area contributed by atoms with E-state index in [2.05, 4.69) is 17.6 Å². The van der Waals surface area contributed by atoms with Gasteiger partial charge >= 0.3 is 5.69 Å². The summed E-state index contributed by atoms with van der Waals surface area (Å²) in [5.74, 6) is -0.209. The summed E-state index contributed by atoms with van der Waals surface area (Å²) in [5, 5.41) is 9.54. The van der Waals surface area contributed by atoms with Gasteiger partial charge in [0.25, 0.3) is 5.56 Å². The van der Waals surface area contributed by atoms with Crippen LogP contribution in [-0.2, 0) is 14.2 Å². The van der Waals surface area contributed by atoms with Crippen molar-refractivity contribution in [2.45, 2.75) is 50.1 Å². The molecule has 0 radical (unpaired) electrons. The van der Waals surface area contributed by atoms with Gasteiger partial charge in [0, 0.05) is 18.7 Å². The number of hydrogen-bond acceptors (Lipinski definition) is 7. The molecule has 1 aromatic heterocycles. The minimum atomic E-state index is -0.793. The van der Waals surface area contributed by atoms with E-state index in [0.717, 1.165) is 0 Å².